The maximum Gasteiger partial charge on any atom is 0.347 e. The Labute approximate surface area is 132 Å². The molecule has 2 rings (SSSR count). The lowest BCUT2D eigenvalue weighted by Gasteiger charge is -2.30. The normalized spacial score (nSPS) is 24.3. The van der Waals surface area contributed by atoms with Gasteiger partial charge in [0, 0.05) is 19.6 Å². The van der Waals surface area contributed by atoms with E-state index in [9.17, 15) is 9.59 Å². The monoisotopic (exact) mass is 313 g/mol. The molecular formula is C15H27N3O4. The molecule has 0 N–H and O–H groups in total. The van der Waals surface area contributed by atoms with Crippen LogP contribution in [0, 0.1) is 0 Å². The highest BCUT2D eigenvalue weighted by Crippen LogP contribution is 2.30. The van der Waals surface area contributed by atoms with Gasteiger partial charge >= 0.3 is 12.0 Å². The molecule has 2 fully saturated rings. The van der Waals surface area contributed by atoms with Crippen LogP contribution < -0.4 is 0 Å². The Bertz CT molecular complexity index is 400. The third-order valence-corrected chi connectivity index (χ3v) is 4.25. The molecule has 2 amide bonds. The van der Waals surface area contributed by atoms with Crippen LogP contribution >= 0.6 is 0 Å². The predicted molar refractivity (Wildman–Crippen MR) is 80.6 cm³/mol. The van der Waals surface area contributed by atoms with Gasteiger partial charge in [0.1, 0.15) is 6.04 Å². The van der Waals surface area contributed by atoms with Gasteiger partial charge in [-0.3, -0.25) is 4.84 Å². The molecule has 2 aliphatic heterocycles. The van der Waals surface area contributed by atoms with E-state index in [0.717, 1.165) is 19.3 Å². The van der Waals surface area contributed by atoms with Crippen molar-refractivity contribution in [2.24, 2.45) is 0 Å². The number of rotatable bonds is 8. The minimum Gasteiger partial charge on any atom is -0.366 e. The van der Waals surface area contributed by atoms with Gasteiger partial charge in [-0.15, -0.1) is 5.06 Å². The first kappa shape index (κ1) is 17.0. The third kappa shape index (κ3) is 3.52. The highest BCUT2D eigenvalue weighted by Gasteiger charge is 2.48. The van der Waals surface area contributed by atoms with Crippen molar-refractivity contribution >= 4 is 12.0 Å². The molecule has 0 radical (unpaired) electrons. The van der Waals surface area contributed by atoms with E-state index in [0.29, 0.717) is 32.7 Å². The van der Waals surface area contributed by atoms with Crippen LogP contribution in [0.5, 0.6) is 0 Å². The number of carbonyl (C=O) groups is 2. The molecule has 2 aliphatic rings. The van der Waals surface area contributed by atoms with Crippen LogP contribution in [0.4, 0.5) is 4.79 Å². The number of hydrogen-bond donors (Lipinski definition) is 0. The minimum absolute atomic E-state index is 0.0573. The fourth-order valence-corrected chi connectivity index (χ4v) is 2.89. The van der Waals surface area contributed by atoms with Crippen molar-refractivity contribution in [2.45, 2.75) is 58.5 Å². The van der Waals surface area contributed by atoms with Crippen LogP contribution in [-0.2, 0) is 14.5 Å². The zero-order valence-electron chi connectivity index (χ0n) is 13.8. The van der Waals surface area contributed by atoms with Gasteiger partial charge in [-0.1, -0.05) is 13.3 Å². The number of nitrogens with zero attached hydrogens (tertiary/aromatic N) is 3. The van der Waals surface area contributed by atoms with E-state index in [2.05, 4.69) is 6.92 Å². The molecule has 0 spiro atoms. The fourth-order valence-electron chi connectivity index (χ4n) is 2.89. The van der Waals surface area contributed by atoms with E-state index in [-0.39, 0.29) is 18.0 Å². The van der Waals surface area contributed by atoms with Crippen LogP contribution in [0.1, 0.15) is 46.5 Å². The molecule has 7 heteroatoms. The van der Waals surface area contributed by atoms with Crippen LogP contribution in [-0.4, -0.2) is 65.4 Å². The number of carbonyl (C=O) groups excluding carboxylic acids is 2. The van der Waals surface area contributed by atoms with Gasteiger partial charge in [0.15, 0.2) is 0 Å². The molecule has 0 saturated carbocycles. The van der Waals surface area contributed by atoms with Crippen LogP contribution in [0.25, 0.3) is 0 Å². The molecule has 22 heavy (non-hydrogen) atoms. The topological polar surface area (TPSA) is 62.3 Å². The summed E-state index contributed by atoms with van der Waals surface area (Å²) < 4.78 is 0. The van der Waals surface area contributed by atoms with E-state index in [4.69, 9.17) is 9.68 Å². The number of unbranched alkanes of at least 4 members (excludes halogenated alkanes) is 1. The summed E-state index contributed by atoms with van der Waals surface area (Å²) >= 11 is 0. The van der Waals surface area contributed by atoms with Crippen LogP contribution in [0.3, 0.4) is 0 Å². The van der Waals surface area contributed by atoms with Gasteiger partial charge < -0.3 is 9.74 Å². The van der Waals surface area contributed by atoms with Crippen molar-refractivity contribution in [3.63, 3.8) is 0 Å². The second kappa shape index (κ2) is 7.78. The number of piperidine rings is 1. The first-order valence-corrected chi connectivity index (χ1v) is 8.31. The Hall–Kier alpha value is -1.34. The number of hydroxylamine groups is 4. The van der Waals surface area contributed by atoms with Crippen molar-refractivity contribution in [1.29, 1.82) is 0 Å². The molecule has 0 aromatic rings. The molecule has 126 valence electrons. The third-order valence-electron chi connectivity index (χ3n) is 4.25. The van der Waals surface area contributed by atoms with Crippen molar-refractivity contribution in [3.05, 3.63) is 0 Å². The van der Waals surface area contributed by atoms with Gasteiger partial charge in [0.05, 0.1) is 12.6 Å². The summed E-state index contributed by atoms with van der Waals surface area (Å²) in [6.45, 7) is 8.30. The number of amides is 2. The van der Waals surface area contributed by atoms with Crippen molar-refractivity contribution in [2.75, 3.05) is 26.2 Å². The molecule has 0 aromatic carbocycles. The van der Waals surface area contributed by atoms with E-state index < -0.39 is 6.04 Å². The summed E-state index contributed by atoms with van der Waals surface area (Å²) in [4.78, 5) is 37.3. The Morgan fingerprint density at radius 1 is 1.27 bits per heavy atom. The number of fused-ring (bicyclic) bond motifs is 2. The summed E-state index contributed by atoms with van der Waals surface area (Å²) in [6.07, 6.45) is 3.34. The van der Waals surface area contributed by atoms with Crippen LogP contribution in [0.2, 0.25) is 0 Å². The van der Waals surface area contributed by atoms with E-state index in [1.165, 1.54) is 5.06 Å². The first-order valence-electron chi connectivity index (χ1n) is 8.31. The maximum absolute atomic E-state index is 12.4. The summed E-state index contributed by atoms with van der Waals surface area (Å²) in [6, 6.07) is -0.647. The molecule has 2 atom stereocenters. The van der Waals surface area contributed by atoms with Gasteiger partial charge in [-0.05, 0) is 33.1 Å². The van der Waals surface area contributed by atoms with Gasteiger partial charge in [0.2, 0.25) is 0 Å². The molecule has 2 heterocycles. The van der Waals surface area contributed by atoms with Crippen molar-refractivity contribution < 1.29 is 19.3 Å². The van der Waals surface area contributed by atoms with E-state index >= 15 is 0 Å². The van der Waals surface area contributed by atoms with Crippen LogP contribution in [0.15, 0.2) is 0 Å². The summed E-state index contributed by atoms with van der Waals surface area (Å²) in [5, 5.41) is 3.06. The largest absolute Gasteiger partial charge is 0.366 e. The van der Waals surface area contributed by atoms with E-state index in [1.54, 1.807) is 9.96 Å². The Morgan fingerprint density at radius 2 is 2.00 bits per heavy atom. The average molecular weight is 313 g/mol. The highest BCUT2D eigenvalue weighted by molar-refractivity contribution is 5.85. The standard InChI is InChI=1S/C15H27N3O4/c1-4-7-10-21-18-12-8-9-13(17(11-12)15(18)20)14(19)22-16(5-2)6-3/h12-13H,4-11H2,1-3H3/t12-,13-/m0/s1. The maximum atomic E-state index is 12.4. The molecular weight excluding hydrogens is 286 g/mol. The Kier molecular flexibility index (Phi) is 6.02. The lowest BCUT2D eigenvalue weighted by molar-refractivity contribution is -0.194. The smallest absolute Gasteiger partial charge is 0.347 e. The van der Waals surface area contributed by atoms with E-state index in [1.807, 2.05) is 13.8 Å². The minimum atomic E-state index is -0.496. The molecule has 7 nitrogen and oxygen atoms in total. The molecule has 2 bridgehead atoms. The molecule has 2 saturated heterocycles. The lowest BCUT2D eigenvalue weighted by Crippen LogP contribution is -2.47. The average Bonchev–Trinajstić information content (AvgIpc) is 2.77. The Balaban J connectivity index is 1.95. The van der Waals surface area contributed by atoms with Crippen molar-refractivity contribution in [1.82, 2.24) is 15.0 Å². The molecule has 0 aliphatic carbocycles. The summed E-state index contributed by atoms with van der Waals surface area (Å²) in [5.74, 6) is -0.342. The molecule has 0 aromatic heterocycles. The summed E-state index contributed by atoms with van der Waals surface area (Å²) in [5.41, 5.74) is 0. The second-order valence-corrected chi connectivity index (χ2v) is 5.72. The predicted octanol–water partition coefficient (Wildman–Crippen LogP) is 1.79. The first-order chi connectivity index (χ1) is 10.6. The van der Waals surface area contributed by atoms with Gasteiger partial charge in [0.25, 0.3) is 0 Å². The lowest BCUT2D eigenvalue weighted by atomic mass is 10.0. The fraction of sp³-hybridized carbons (Fsp3) is 0.867. The Morgan fingerprint density at radius 3 is 2.64 bits per heavy atom. The second-order valence-electron chi connectivity index (χ2n) is 5.72. The van der Waals surface area contributed by atoms with Gasteiger partial charge in [-0.25, -0.2) is 9.59 Å². The van der Waals surface area contributed by atoms with Gasteiger partial charge in [-0.2, -0.15) is 5.06 Å². The number of hydrogen-bond acceptors (Lipinski definition) is 5. The van der Waals surface area contributed by atoms with Crippen molar-refractivity contribution in [3.8, 4) is 0 Å². The quantitative estimate of drug-likeness (QED) is 0.505. The highest BCUT2D eigenvalue weighted by atomic mass is 16.7. The zero-order valence-corrected chi connectivity index (χ0v) is 13.8. The SMILES string of the molecule is CCCCON1C(=O)N2C[C@@H]1CC[C@H]2C(=O)ON(CC)CC. The zero-order chi connectivity index (χ0) is 16.1. The molecule has 0 unspecified atom stereocenters. The number of urea groups is 1. The summed E-state index contributed by atoms with van der Waals surface area (Å²) in [7, 11) is 0.